The Kier molecular flexibility index (Phi) is 4.47. The Hall–Kier alpha value is -0.220. The highest BCUT2D eigenvalue weighted by Gasteiger charge is 2.12. The molecule has 0 saturated heterocycles. The Morgan fingerprint density at radius 2 is 2.10 bits per heavy atom. The fourth-order valence-corrected chi connectivity index (χ4v) is 0.747. The highest BCUT2D eigenvalue weighted by Crippen LogP contribution is 2.29. The van der Waals surface area contributed by atoms with E-state index in [0.29, 0.717) is 0 Å². The lowest BCUT2D eigenvalue weighted by atomic mass is 10.3. The molecular formula is C4H10NO4P. The Bertz CT molecular complexity index is 118. The topological polar surface area (TPSA) is 104 Å². The van der Waals surface area contributed by atoms with Gasteiger partial charge in [0.05, 0.1) is 5.78 Å². The molecule has 0 bridgehead atoms. The van der Waals surface area contributed by atoms with Crippen LogP contribution in [0.5, 0.6) is 0 Å². The molecule has 0 radical (unpaired) electrons. The highest BCUT2D eigenvalue weighted by molar-refractivity contribution is 7.45. The molecule has 0 aromatic heterocycles. The monoisotopic (exact) mass is 167 g/mol. The van der Waals surface area contributed by atoms with E-state index in [2.05, 4.69) is 0 Å². The third-order valence-electron chi connectivity index (χ3n) is 0.951. The number of hydrogen-bond acceptors (Lipinski definition) is 4. The summed E-state index contributed by atoms with van der Waals surface area (Å²) in [6.45, 7) is 0. The number of carbonyl (C=O) groups is 1. The van der Waals surface area contributed by atoms with Crippen LogP contribution in [-0.2, 0) is 4.79 Å². The molecule has 0 aliphatic heterocycles. The summed E-state index contributed by atoms with van der Waals surface area (Å²) in [7, 11) is -2.18. The van der Waals surface area contributed by atoms with E-state index in [4.69, 9.17) is 20.6 Å². The number of aliphatic carboxylic acids is 1. The van der Waals surface area contributed by atoms with Gasteiger partial charge in [0.2, 0.25) is 0 Å². The number of carboxylic acids is 1. The van der Waals surface area contributed by atoms with E-state index in [1.54, 1.807) is 0 Å². The number of hydrogen-bond donors (Lipinski definition) is 4. The molecule has 0 amide bonds. The summed E-state index contributed by atoms with van der Waals surface area (Å²) >= 11 is 0. The van der Waals surface area contributed by atoms with Crippen LogP contribution in [0.15, 0.2) is 0 Å². The van der Waals surface area contributed by atoms with Crippen molar-refractivity contribution in [3.8, 4) is 0 Å². The smallest absolute Gasteiger partial charge is 0.303 e. The first kappa shape index (κ1) is 9.78. The van der Waals surface area contributed by atoms with E-state index in [1.165, 1.54) is 0 Å². The van der Waals surface area contributed by atoms with E-state index in [1.807, 2.05) is 0 Å². The van der Waals surface area contributed by atoms with Crippen molar-refractivity contribution in [1.82, 2.24) is 0 Å². The molecule has 6 heteroatoms. The molecule has 0 aliphatic rings. The minimum Gasteiger partial charge on any atom is -0.481 e. The van der Waals surface area contributed by atoms with Gasteiger partial charge in [0.25, 0.3) is 0 Å². The number of carboxylic acid groups (broad SMARTS) is 1. The van der Waals surface area contributed by atoms with Crippen molar-refractivity contribution in [2.24, 2.45) is 5.73 Å². The first-order chi connectivity index (χ1) is 4.54. The fourth-order valence-electron chi connectivity index (χ4n) is 0.387. The maximum atomic E-state index is 9.91. The van der Waals surface area contributed by atoms with Crippen molar-refractivity contribution in [2.45, 2.75) is 18.6 Å². The standard InChI is InChI=1S/C4H10NO4P/c5-3(10(8)9)1-2-4(6)7/h3,8-9H,1-2,5H2,(H,6,7). The summed E-state index contributed by atoms with van der Waals surface area (Å²) in [6.07, 6.45) is -0.0187. The van der Waals surface area contributed by atoms with Crippen molar-refractivity contribution in [1.29, 1.82) is 0 Å². The molecule has 0 heterocycles. The molecule has 0 aromatic rings. The van der Waals surface area contributed by atoms with Crippen LogP contribution >= 0.6 is 8.38 Å². The van der Waals surface area contributed by atoms with Gasteiger partial charge in [-0.15, -0.1) is 0 Å². The van der Waals surface area contributed by atoms with Gasteiger partial charge in [0.1, 0.15) is 0 Å². The Morgan fingerprint density at radius 1 is 1.60 bits per heavy atom. The summed E-state index contributed by atoms with van der Waals surface area (Å²) in [5.74, 6) is -1.78. The fraction of sp³-hybridized carbons (Fsp3) is 0.750. The van der Waals surface area contributed by atoms with Gasteiger partial charge < -0.3 is 20.6 Å². The van der Waals surface area contributed by atoms with E-state index in [9.17, 15) is 4.79 Å². The minimum absolute atomic E-state index is 0.105. The van der Waals surface area contributed by atoms with Crippen LogP contribution in [0.25, 0.3) is 0 Å². The second-order valence-electron chi connectivity index (χ2n) is 1.82. The normalized spacial score (nSPS) is 13.6. The lowest BCUT2D eigenvalue weighted by Gasteiger charge is -2.09. The van der Waals surface area contributed by atoms with Gasteiger partial charge in [-0.3, -0.25) is 4.79 Å². The first-order valence-electron chi connectivity index (χ1n) is 2.68. The van der Waals surface area contributed by atoms with Gasteiger partial charge in [-0.2, -0.15) is 0 Å². The predicted octanol–water partition coefficient (Wildman–Crippen LogP) is -0.568. The average Bonchev–Trinajstić information content (AvgIpc) is 1.82. The van der Waals surface area contributed by atoms with Gasteiger partial charge in [0, 0.05) is 6.42 Å². The largest absolute Gasteiger partial charge is 0.481 e. The average molecular weight is 167 g/mol. The molecule has 5 N–H and O–H groups in total. The maximum Gasteiger partial charge on any atom is 0.303 e. The van der Waals surface area contributed by atoms with Crippen molar-refractivity contribution in [3.05, 3.63) is 0 Å². The molecule has 1 atom stereocenters. The maximum absolute atomic E-state index is 9.91. The third kappa shape index (κ3) is 4.64. The lowest BCUT2D eigenvalue weighted by Crippen LogP contribution is -2.18. The number of rotatable bonds is 4. The Morgan fingerprint density at radius 3 is 2.40 bits per heavy atom. The van der Waals surface area contributed by atoms with Crippen molar-refractivity contribution < 1.29 is 19.7 Å². The molecule has 0 aromatic carbocycles. The second kappa shape index (κ2) is 4.57. The third-order valence-corrected chi connectivity index (χ3v) is 1.80. The molecule has 1 unspecified atom stereocenters. The quantitative estimate of drug-likeness (QED) is 0.420. The van der Waals surface area contributed by atoms with Gasteiger partial charge in [-0.1, -0.05) is 0 Å². The van der Waals surface area contributed by atoms with Gasteiger partial charge >= 0.3 is 5.97 Å². The number of nitrogens with two attached hydrogens (primary N) is 1. The Balaban J connectivity index is 3.39. The lowest BCUT2D eigenvalue weighted by molar-refractivity contribution is -0.137. The molecule has 10 heavy (non-hydrogen) atoms. The second-order valence-corrected chi connectivity index (χ2v) is 3.12. The summed E-state index contributed by atoms with van der Waals surface area (Å²) in [5, 5.41) is 8.13. The SMILES string of the molecule is NC(CCC(=O)O)P(O)O. The van der Waals surface area contributed by atoms with Crippen LogP contribution in [0, 0.1) is 0 Å². The summed E-state index contributed by atoms with van der Waals surface area (Å²) in [6, 6.07) is 0. The van der Waals surface area contributed by atoms with E-state index in [0.717, 1.165) is 0 Å². The van der Waals surface area contributed by atoms with Crippen LogP contribution in [0.3, 0.4) is 0 Å². The molecule has 5 nitrogen and oxygen atoms in total. The van der Waals surface area contributed by atoms with Crippen molar-refractivity contribution in [3.63, 3.8) is 0 Å². The van der Waals surface area contributed by atoms with Crippen LogP contribution in [0.1, 0.15) is 12.8 Å². The van der Waals surface area contributed by atoms with Crippen LogP contribution in [0.2, 0.25) is 0 Å². The van der Waals surface area contributed by atoms with Crippen molar-refractivity contribution in [2.75, 3.05) is 0 Å². The van der Waals surface area contributed by atoms with E-state index in [-0.39, 0.29) is 12.8 Å². The zero-order chi connectivity index (χ0) is 8.15. The first-order valence-corrected chi connectivity index (χ1v) is 4.00. The molecular weight excluding hydrogens is 157 g/mol. The van der Waals surface area contributed by atoms with Crippen LogP contribution < -0.4 is 5.73 Å². The zero-order valence-electron chi connectivity index (χ0n) is 5.27. The van der Waals surface area contributed by atoms with Crippen LogP contribution in [0.4, 0.5) is 0 Å². The zero-order valence-corrected chi connectivity index (χ0v) is 6.16. The Labute approximate surface area is 59.4 Å². The van der Waals surface area contributed by atoms with Crippen molar-refractivity contribution >= 4 is 14.3 Å². The summed E-state index contributed by atoms with van der Waals surface area (Å²) < 4.78 is 0. The van der Waals surface area contributed by atoms with Gasteiger partial charge in [-0.05, 0) is 6.42 Å². The molecule has 0 saturated carbocycles. The molecule has 0 spiro atoms. The van der Waals surface area contributed by atoms with E-state index < -0.39 is 20.1 Å². The molecule has 60 valence electrons. The van der Waals surface area contributed by atoms with E-state index >= 15 is 0 Å². The van der Waals surface area contributed by atoms with Gasteiger partial charge in [-0.25, -0.2) is 0 Å². The molecule has 0 rings (SSSR count). The highest BCUT2D eigenvalue weighted by atomic mass is 31.2. The summed E-state index contributed by atoms with van der Waals surface area (Å²) in [5.41, 5.74) is 5.13. The van der Waals surface area contributed by atoms with Gasteiger partial charge in [0.15, 0.2) is 8.38 Å². The molecule has 0 fully saturated rings. The summed E-state index contributed by atoms with van der Waals surface area (Å²) in [4.78, 5) is 26.8. The molecule has 0 aliphatic carbocycles. The minimum atomic E-state index is -2.18. The van der Waals surface area contributed by atoms with Crippen LogP contribution in [-0.4, -0.2) is 26.6 Å². The predicted molar refractivity (Wildman–Crippen MR) is 36.2 cm³/mol.